The molecule has 0 aliphatic rings. The molecule has 0 amide bonds. The first kappa shape index (κ1) is 17.4. The number of methoxy groups -OCH3 is 2. The van der Waals surface area contributed by atoms with Gasteiger partial charge in [-0.25, -0.2) is 4.98 Å². The highest BCUT2D eigenvalue weighted by Gasteiger charge is 2.16. The molecule has 1 aromatic rings. The zero-order chi connectivity index (χ0) is 14.8. The molecule has 20 heavy (non-hydrogen) atoms. The van der Waals surface area contributed by atoms with Crippen molar-refractivity contribution in [2.24, 2.45) is 0 Å². The third kappa shape index (κ3) is 5.75. The van der Waals surface area contributed by atoms with Crippen molar-refractivity contribution in [1.29, 1.82) is 0 Å². The van der Waals surface area contributed by atoms with Gasteiger partial charge in [0.2, 0.25) is 0 Å². The van der Waals surface area contributed by atoms with E-state index in [-0.39, 0.29) is 0 Å². The molecule has 0 aliphatic heterocycles. The summed E-state index contributed by atoms with van der Waals surface area (Å²) in [5, 5.41) is 6.52. The molecule has 1 aromatic heterocycles. The van der Waals surface area contributed by atoms with Gasteiger partial charge in [0.15, 0.2) is 5.13 Å². The lowest BCUT2D eigenvalue weighted by Crippen LogP contribution is -2.35. The van der Waals surface area contributed by atoms with Crippen LogP contribution in [-0.2, 0) is 16.0 Å². The van der Waals surface area contributed by atoms with Crippen molar-refractivity contribution in [3.05, 3.63) is 11.1 Å². The van der Waals surface area contributed by atoms with Crippen LogP contribution in [0.3, 0.4) is 0 Å². The highest BCUT2D eigenvalue weighted by molar-refractivity contribution is 7.13. The number of aromatic nitrogens is 1. The van der Waals surface area contributed by atoms with Gasteiger partial charge in [0, 0.05) is 45.3 Å². The normalized spacial score (nSPS) is 12.6. The summed E-state index contributed by atoms with van der Waals surface area (Å²) in [6.45, 7) is 8.41. The molecule has 0 aliphatic carbocycles. The quantitative estimate of drug-likeness (QED) is 0.635. The molecule has 1 rings (SSSR count). The first-order chi connectivity index (χ1) is 9.72. The number of hydrogen-bond acceptors (Lipinski definition) is 6. The molecule has 6 heteroatoms. The maximum atomic E-state index is 5.20. The Morgan fingerprint density at radius 3 is 2.75 bits per heavy atom. The molecule has 1 atom stereocenters. The molecule has 1 N–H and O–H groups in total. The first-order valence-electron chi connectivity index (χ1n) is 7.12. The Morgan fingerprint density at radius 2 is 2.10 bits per heavy atom. The molecule has 116 valence electrons. The minimum atomic E-state index is 0.477. The van der Waals surface area contributed by atoms with E-state index in [0.29, 0.717) is 6.04 Å². The van der Waals surface area contributed by atoms with Crippen LogP contribution in [-0.4, -0.2) is 51.5 Å². The van der Waals surface area contributed by atoms with E-state index in [9.17, 15) is 0 Å². The lowest BCUT2D eigenvalue weighted by molar-refractivity contribution is 0.199. The van der Waals surface area contributed by atoms with Crippen LogP contribution in [0.1, 0.15) is 26.0 Å². The van der Waals surface area contributed by atoms with Crippen LogP contribution >= 0.6 is 11.3 Å². The van der Waals surface area contributed by atoms with Gasteiger partial charge in [0.25, 0.3) is 0 Å². The smallest absolute Gasteiger partial charge is 0.185 e. The van der Waals surface area contributed by atoms with Gasteiger partial charge in [-0.2, -0.15) is 0 Å². The Balaban J connectivity index is 2.56. The molecule has 1 unspecified atom stereocenters. The molecule has 1 heterocycles. The van der Waals surface area contributed by atoms with Crippen molar-refractivity contribution in [3.63, 3.8) is 0 Å². The average molecular weight is 301 g/mol. The lowest BCUT2D eigenvalue weighted by atomic mass is 10.2. The SMILES string of the molecule is CCC(C)N(CCOC)c1nc(CNCCOC)cs1. The zero-order valence-electron chi connectivity index (χ0n) is 13.0. The number of hydrogen-bond donors (Lipinski definition) is 1. The molecule has 0 fully saturated rings. The summed E-state index contributed by atoms with van der Waals surface area (Å²) in [6.07, 6.45) is 1.10. The fourth-order valence-electron chi connectivity index (χ4n) is 1.81. The second kappa shape index (κ2) is 10.1. The van der Waals surface area contributed by atoms with Gasteiger partial charge >= 0.3 is 0 Å². The summed E-state index contributed by atoms with van der Waals surface area (Å²) >= 11 is 1.70. The first-order valence-corrected chi connectivity index (χ1v) is 8.00. The lowest BCUT2D eigenvalue weighted by Gasteiger charge is -2.27. The molecule has 0 saturated heterocycles. The van der Waals surface area contributed by atoms with Gasteiger partial charge in [-0.15, -0.1) is 11.3 Å². The maximum Gasteiger partial charge on any atom is 0.185 e. The summed E-state index contributed by atoms with van der Waals surface area (Å²) in [5.74, 6) is 0. The Kier molecular flexibility index (Phi) is 8.77. The van der Waals surface area contributed by atoms with Gasteiger partial charge in [0.1, 0.15) is 0 Å². The third-order valence-electron chi connectivity index (χ3n) is 3.23. The summed E-state index contributed by atoms with van der Waals surface area (Å²) in [4.78, 5) is 7.04. The monoisotopic (exact) mass is 301 g/mol. The largest absolute Gasteiger partial charge is 0.383 e. The molecule has 0 radical (unpaired) electrons. The van der Waals surface area contributed by atoms with Crippen LogP contribution in [0.2, 0.25) is 0 Å². The highest BCUT2D eigenvalue weighted by Crippen LogP contribution is 2.23. The van der Waals surface area contributed by atoms with Crippen LogP contribution in [0.4, 0.5) is 5.13 Å². The molecular weight excluding hydrogens is 274 g/mol. The van der Waals surface area contributed by atoms with Gasteiger partial charge in [-0.3, -0.25) is 0 Å². The van der Waals surface area contributed by atoms with Crippen molar-refractivity contribution in [3.8, 4) is 0 Å². The maximum absolute atomic E-state index is 5.20. The zero-order valence-corrected chi connectivity index (χ0v) is 13.8. The summed E-state index contributed by atoms with van der Waals surface area (Å²) < 4.78 is 10.2. The second-order valence-corrected chi connectivity index (χ2v) is 5.57. The van der Waals surface area contributed by atoms with Crippen LogP contribution in [0.5, 0.6) is 0 Å². The van der Waals surface area contributed by atoms with Crippen molar-refractivity contribution in [2.75, 3.05) is 45.4 Å². The Labute approximate surface area is 126 Å². The molecular formula is C14H27N3O2S. The average Bonchev–Trinajstić information content (AvgIpc) is 2.92. The minimum absolute atomic E-state index is 0.477. The Bertz CT molecular complexity index is 360. The van der Waals surface area contributed by atoms with Gasteiger partial charge < -0.3 is 19.7 Å². The topological polar surface area (TPSA) is 46.6 Å². The Morgan fingerprint density at radius 1 is 1.35 bits per heavy atom. The van der Waals surface area contributed by atoms with E-state index in [1.165, 1.54) is 0 Å². The van der Waals surface area contributed by atoms with Crippen LogP contribution in [0.15, 0.2) is 5.38 Å². The van der Waals surface area contributed by atoms with Crippen LogP contribution < -0.4 is 10.2 Å². The number of nitrogens with zero attached hydrogens (tertiary/aromatic N) is 2. The number of rotatable bonds is 11. The van der Waals surface area contributed by atoms with Crippen molar-refractivity contribution in [2.45, 2.75) is 32.9 Å². The van der Waals surface area contributed by atoms with Crippen molar-refractivity contribution in [1.82, 2.24) is 10.3 Å². The molecule has 0 aromatic carbocycles. The summed E-state index contributed by atoms with van der Waals surface area (Å²) in [5.41, 5.74) is 1.09. The minimum Gasteiger partial charge on any atom is -0.383 e. The van der Waals surface area contributed by atoms with Gasteiger partial charge in [-0.05, 0) is 13.3 Å². The van der Waals surface area contributed by atoms with Crippen molar-refractivity contribution >= 4 is 16.5 Å². The fraction of sp³-hybridized carbons (Fsp3) is 0.786. The third-order valence-corrected chi connectivity index (χ3v) is 4.16. The van der Waals surface area contributed by atoms with Gasteiger partial charge in [-0.1, -0.05) is 6.92 Å². The van der Waals surface area contributed by atoms with Gasteiger partial charge in [0.05, 0.1) is 18.9 Å². The number of ether oxygens (including phenoxy) is 2. The second-order valence-electron chi connectivity index (χ2n) is 4.73. The van der Waals surface area contributed by atoms with Crippen LogP contribution in [0.25, 0.3) is 0 Å². The Hall–Kier alpha value is -0.690. The summed E-state index contributed by atoms with van der Waals surface area (Å²) in [6, 6.07) is 0.477. The molecule has 0 spiro atoms. The highest BCUT2D eigenvalue weighted by atomic mass is 32.1. The predicted octanol–water partition coefficient (Wildman–Crippen LogP) is 2.13. The van der Waals surface area contributed by atoms with E-state index in [0.717, 1.165) is 50.1 Å². The summed E-state index contributed by atoms with van der Waals surface area (Å²) in [7, 11) is 3.45. The number of anilines is 1. The molecule has 0 saturated carbocycles. The van der Waals surface area contributed by atoms with E-state index >= 15 is 0 Å². The van der Waals surface area contributed by atoms with Crippen molar-refractivity contribution < 1.29 is 9.47 Å². The van der Waals surface area contributed by atoms with E-state index in [1.807, 2.05) is 0 Å². The molecule has 0 bridgehead atoms. The van der Waals surface area contributed by atoms with E-state index in [1.54, 1.807) is 25.6 Å². The van der Waals surface area contributed by atoms with E-state index in [2.05, 4.69) is 29.4 Å². The predicted molar refractivity (Wildman–Crippen MR) is 84.7 cm³/mol. The fourth-order valence-corrected chi connectivity index (χ4v) is 2.77. The standard InChI is InChI=1S/C14H27N3O2S/c1-5-12(2)17(7-9-19-4)14-16-13(11-20-14)10-15-6-8-18-3/h11-12,15H,5-10H2,1-4H3. The number of thiazole rings is 1. The van der Waals surface area contributed by atoms with E-state index < -0.39 is 0 Å². The van der Waals surface area contributed by atoms with E-state index in [4.69, 9.17) is 14.5 Å². The molecule has 5 nitrogen and oxygen atoms in total. The number of nitrogens with one attached hydrogen (secondary N) is 1. The van der Waals surface area contributed by atoms with Crippen LogP contribution in [0, 0.1) is 0 Å².